The molecule has 2 amide bonds. The molecule has 0 heterocycles. The van der Waals surface area contributed by atoms with Gasteiger partial charge in [-0.3, -0.25) is 9.59 Å². The van der Waals surface area contributed by atoms with E-state index in [-0.39, 0.29) is 12.1 Å². The van der Waals surface area contributed by atoms with E-state index in [0.29, 0.717) is 17.9 Å². The van der Waals surface area contributed by atoms with Crippen LogP contribution in [0.1, 0.15) is 29.3 Å². The Kier molecular flexibility index (Phi) is 7.94. The third-order valence-electron chi connectivity index (χ3n) is 3.34. The van der Waals surface area contributed by atoms with Gasteiger partial charge < -0.3 is 10.1 Å². The molecule has 0 aromatic heterocycles. The summed E-state index contributed by atoms with van der Waals surface area (Å²) in [5.41, 5.74) is 3.30. The number of carbonyl (C=O) groups excluding carboxylic acids is 2. The standard InChI is InChI=1S/C19H19BrFN3O3/c1-2-9-27-17-8-5-15(20)10-14(17)11-23-24-18(25)12-22-19(26)13-3-6-16(21)7-4-13/h3-8,10-11H,2,9,12H2,1H3,(H,22,26)(H,24,25)/b23-11-. The molecule has 8 heteroatoms. The van der Waals surface area contributed by atoms with Gasteiger partial charge in [0.05, 0.1) is 19.4 Å². The number of ether oxygens (including phenoxy) is 1. The van der Waals surface area contributed by atoms with Crippen molar-refractivity contribution in [3.63, 3.8) is 0 Å². The summed E-state index contributed by atoms with van der Waals surface area (Å²) in [6.07, 6.45) is 2.34. The van der Waals surface area contributed by atoms with Crippen molar-refractivity contribution in [2.24, 2.45) is 5.10 Å². The zero-order valence-corrected chi connectivity index (χ0v) is 16.3. The number of benzene rings is 2. The van der Waals surface area contributed by atoms with E-state index in [4.69, 9.17) is 4.74 Å². The first-order valence-electron chi connectivity index (χ1n) is 8.27. The summed E-state index contributed by atoms with van der Waals surface area (Å²) in [6.45, 7) is 2.32. The monoisotopic (exact) mass is 435 g/mol. The summed E-state index contributed by atoms with van der Waals surface area (Å²) in [7, 11) is 0. The van der Waals surface area contributed by atoms with Crippen molar-refractivity contribution in [1.82, 2.24) is 10.7 Å². The van der Waals surface area contributed by atoms with Gasteiger partial charge in [0.2, 0.25) is 0 Å². The molecular formula is C19H19BrFN3O3. The van der Waals surface area contributed by atoms with E-state index < -0.39 is 17.6 Å². The number of hydrogen-bond donors (Lipinski definition) is 2. The predicted molar refractivity (Wildman–Crippen MR) is 104 cm³/mol. The van der Waals surface area contributed by atoms with Gasteiger partial charge in [0, 0.05) is 15.6 Å². The highest BCUT2D eigenvalue weighted by atomic mass is 79.9. The second kappa shape index (κ2) is 10.4. The van der Waals surface area contributed by atoms with Gasteiger partial charge in [-0.2, -0.15) is 5.10 Å². The van der Waals surface area contributed by atoms with Crippen LogP contribution >= 0.6 is 15.9 Å². The van der Waals surface area contributed by atoms with E-state index in [0.717, 1.165) is 10.9 Å². The van der Waals surface area contributed by atoms with Crippen molar-refractivity contribution >= 4 is 34.0 Å². The zero-order chi connectivity index (χ0) is 19.6. The fourth-order valence-electron chi connectivity index (χ4n) is 2.04. The van der Waals surface area contributed by atoms with Crippen LogP contribution in [-0.2, 0) is 4.79 Å². The van der Waals surface area contributed by atoms with Gasteiger partial charge in [-0.25, -0.2) is 9.82 Å². The summed E-state index contributed by atoms with van der Waals surface area (Å²) in [6, 6.07) is 10.5. The van der Waals surface area contributed by atoms with Gasteiger partial charge in [0.15, 0.2) is 0 Å². The van der Waals surface area contributed by atoms with E-state index in [9.17, 15) is 14.0 Å². The molecular weight excluding hydrogens is 417 g/mol. The molecule has 6 nitrogen and oxygen atoms in total. The molecule has 0 atom stereocenters. The second-order valence-corrected chi connectivity index (χ2v) is 6.43. The minimum absolute atomic E-state index is 0.259. The molecule has 27 heavy (non-hydrogen) atoms. The van der Waals surface area contributed by atoms with Crippen molar-refractivity contribution in [2.75, 3.05) is 13.2 Å². The highest BCUT2D eigenvalue weighted by Crippen LogP contribution is 2.21. The van der Waals surface area contributed by atoms with Crippen LogP contribution in [0.4, 0.5) is 4.39 Å². The molecule has 142 valence electrons. The average molecular weight is 436 g/mol. The van der Waals surface area contributed by atoms with E-state index in [1.54, 1.807) is 0 Å². The van der Waals surface area contributed by atoms with Crippen molar-refractivity contribution in [2.45, 2.75) is 13.3 Å². The molecule has 0 aliphatic rings. The maximum absolute atomic E-state index is 12.8. The Balaban J connectivity index is 1.87. The van der Waals surface area contributed by atoms with Crippen molar-refractivity contribution in [3.8, 4) is 5.75 Å². The summed E-state index contributed by atoms with van der Waals surface area (Å²) < 4.78 is 19.3. The SMILES string of the molecule is CCCOc1ccc(Br)cc1/C=N\NC(=O)CNC(=O)c1ccc(F)cc1. The van der Waals surface area contributed by atoms with Gasteiger partial charge in [0.1, 0.15) is 11.6 Å². The lowest BCUT2D eigenvalue weighted by Gasteiger charge is -2.08. The molecule has 0 saturated heterocycles. The van der Waals surface area contributed by atoms with Gasteiger partial charge in [0.25, 0.3) is 11.8 Å². The van der Waals surface area contributed by atoms with E-state index in [1.807, 2.05) is 25.1 Å². The van der Waals surface area contributed by atoms with Gasteiger partial charge in [-0.05, 0) is 48.9 Å². The lowest BCUT2D eigenvalue weighted by molar-refractivity contribution is -0.120. The molecule has 2 aromatic rings. The first-order valence-corrected chi connectivity index (χ1v) is 9.07. The molecule has 0 saturated carbocycles. The third-order valence-corrected chi connectivity index (χ3v) is 3.84. The maximum Gasteiger partial charge on any atom is 0.259 e. The molecule has 0 bridgehead atoms. The molecule has 0 unspecified atom stereocenters. The molecule has 0 aliphatic carbocycles. The van der Waals surface area contributed by atoms with E-state index in [1.165, 1.54) is 30.5 Å². The summed E-state index contributed by atoms with van der Waals surface area (Å²) >= 11 is 3.38. The normalized spacial score (nSPS) is 10.6. The largest absolute Gasteiger partial charge is 0.493 e. The van der Waals surface area contributed by atoms with Crippen molar-refractivity contribution < 1.29 is 18.7 Å². The fraction of sp³-hybridized carbons (Fsp3) is 0.211. The average Bonchev–Trinajstić information content (AvgIpc) is 2.66. The van der Waals surface area contributed by atoms with Crippen LogP contribution < -0.4 is 15.5 Å². The van der Waals surface area contributed by atoms with Crippen LogP contribution in [-0.4, -0.2) is 31.2 Å². The lowest BCUT2D eigenvalue weighted by Crippen LogP contribution is -2.34. The first kappa shape index (κ1) is 20.6. The summed E-state index contributed by atoms with van der Waals surface area (Å²) in [4.78, 5) is 23.7. The maximum atomic E-state index is 12.8. The number of nitrogens with one attached hydrogen (secondary N) is 2. The third kappa shape index (κ3) is 6.82. The Hall–Kier alpha value is -2.74. The van der Waals surface area contributed by atoms with Gasteiger partial charge >= 0.3 is 0 Å². The number of hydrogen-bond acceptors (Lipinski definition) is 4. The van der Waals surface area contributed by atoms with E-state index >= 15 is 0 Å². The van der Waals surface area contributed by atoms with Gasteiger partial charge in [-0.1, -0.05) is 22.9 Å². The molecule has 2 N–H and O–H groups in total. The van der Waals surface area contributed by atoms with Crippen LogP contribution in [0.15, 0.2) is 52.0 Å². The summed E-state index contributed by atoms with van der Waals surface area (Å²) in [5, 5.41) is 6.32. The van der Waals surface area contributed by atoms with E-state index in [2.05, 4.69) is 31.8 Å². The van der Waals surface area contributed by atoms with Crippen molar-refractivity contribution in [1.29, 1.82) is 0 Å². The van der Waals surface area contributed by atoms with Crippen LogP contribution in [0.25, 0.3) is 0 Å². The Bertz CT molecular complexity index is 825. The first-order chi connectivity index (χ1) is 13.0. The fourth-order valence-corrected chi connectivity index (χ4v) is 2.42. The number of nitrogens with zero attached hydrogens (tertiary/aromatic N) is 1. The molecule has 0 radical (unpaired) electrons. The minimum atomic E-state index is -0.493. The number of carbonyl (C=O) groups is 2. The molecule has 0 fully saturated rings. The molecule has 0 aliphatic heterocycles. The number of halogens is 2. The minimum Gasteiger partial charge on any atom is -0.493 e. The van der Waals surface area contributed by atoms with Crippen molar-refractivity contribution in [3.05, 3.63) is 63.9 Å². The van der Waals surface area contributed by atoms with Crippen LogP contribution in [0.2, 0.25) is 0 Å². The topological polar surface area (TPSA) is 79.8 Å². The molecule has 2 rings (SSSR count). The second-order valence-electron chi connectivity index (χ2n) is 5.51. The highest BCUT2D eigenvalue weighted by Gasteiger charge is 2.08. The number of amides is 2. The zero-order valence-electron chi connectivity index (χ0n) is 14.7. The van der Waals surface area contributed by atoms with Crippen LogP contribution in [0.3, 0.4) is 0 Å². The Morgan fingerprint density at radius 1 is 1.22 bits per heavy atom. The van der Waals surface area contributed by atoms with Gasteiger partial charge in [-0.15, -0.1) is 0 Å². The number of hydrazone groups is 1. The molecule has 0 spiro atoms. The van der Waals surface area contributed by atoms with Crippen LogP contribution in [0, 0.1) is 5.82 Å². The predicted octanol–water partition coefficient (Wildman–Crippen LogP) is 3.26. The Labute approximate surface area is 164 Å². The quantitative estimate of drug-likeness (QED) is 0.493. The van der Waals surface area contributed by atoms with Crippen LogP contribution in [0.5, 0.6) is 5.75 Å². The number of rotatable bonds is 8. The highest BCUT2D eigenvalue weighted by molar-refractivity contribution is 9.10. The Morgan fingerprint density at radius 2 is 1.96 bits per heavy atom. The smallest absolute Gasteiger partial charge is 0.259 e. The molecule has 2 aromatic carbocycles. The summed E-state index contributed by atoms with van der Waals surface area (Å²) in [5.74, 6) is -0.750. The lowest BCUT2D eigenvalue weighted by atomic mass is 10.2. The Morgan fingerprint density at radius 3 is 2.67 bits per heavy atom.